The molecule has 20 heavy (non-hydrogen) atoms. The van der Waals surface area contributed by atoms with Crippen LogP contribution in [0.3, 0.4) is 0 Å². The van der Waals surface area contributed by atoms with Crippen molar-refractivity contribution in [3.05, 3.63) is 0 Å². The second-order valence-corrected chi connectivity index (χ2v) is 8.26. The zero-order chi connectivity index (χ0) is 15.0. The van der Waals surface area contributed by atoms with Crippen LogP contribution < -0.4 is 0 Å². The van der Waals surface area contributed by atoms with E-state index >= 15 is 0 Å². The van der Waals surface area contributed by atoms with Crippen LogP contribution in [0, 0.1) is 16.7 Å². The molecule has 3 heteroatoms. The van der Waals surface area contributed by atoms with Crippen molar-refractivity contribution in [3.8, 4) is 0 Å². The molecule has 1 unspecified atom stereocenters. The largest absolute Gasteiger partial charge is 0.481 e. The Morgan fingerprint density at radius 3 is 2.35 bits per heavy atom. The second kappa shape index (κ2) is 5.67. The van der Waals surface area contributed by atoms with E-state index in [9.17, 15) is 9.90 Å². The molecule has 2 fully saturated rings. The van der Waals surface area contributed by atoms with Gasteiger partial charge in [-0.2, -0.15) is 0 Å². The summed E-state index contributed by atoms with van der Waals surface area (Å²) in [4.78, 5) is 14.1. The molecule has 0 aromatic carbocycles. The number of aliphatic carboxylic acids is 1. The highest BCUT2D eigenvalue weighted by Crippen LogP contribution is 2.40. The van der Waals surface area contributed by atoms with E-state index in [0.29, 0.717) is 17.4 Å². The van der Waals surface area contributed by atoms with Crippen LogP contribution in [0.25, 0.3) is 0 Å². The fraction of sp³-hybridized carbons (Fsp3) is 0.941. The monoisotopic (exact) mass is 281 g/mol. The van der Waals surface area contributed by atoms with Gasteiger partial charge in [-0.25, -0.2) is 0 Å². The van der Waals surface area contributed by atoms with Crippen molar-refractivity contribution in [1.29, 1.82) is 0 Å². The van der Waals surface area contributed by atoms with Crippen LogP contribution in [-0.2, 0) is 4.79 Å². The maximum absolute atomic E-state index is 11.5. The van der Waals surface area contributed by atoms with E-state index in [2.05, 4.69) is 18.7 Å². The van der Waals surface area contributed by atoms with Crippen molar-refractivity contribution in [1.82, 2.24) is 4.90 Å². The van der Waals surface area contributed by atoms with Gasteiger partial charge in [-0.3, -0.25) is 4.79 Å². The molecule has 1 atom stereocenters. The van der Waals surface area contributed by atoms with E-state index < -0.39 is 11.4 Å². The van der Waals surface area contributed by atoms with E-state index in [1.807, 2.05) is 13.8 Å². The first-order chi connectivity index (χ1) is 9.22. The van der Waals surface area contributed by atoms with Gasteiger partial charge in [0.15, 0.2) is 0 Å². The van der Waals surface area contributed by atoms with Crippen molar-refractivity contribution in [2.24, 2.45) is 16.7 Å². The lowest BCUT2D eigenvalue weighted by atomic mass is 9.72. The van der Waals surface area contributed by atoms with Crippen molar-refractivity contribution >= 4 is 5.97 Å². The van der Waals surface area contributed by atoms with Gasteiger partial charge in [0.05, 0.1) is 5.41 Å². The first-order valence-corrected chi connectivity index (χ1v) is 8.20. The number of piperidine rings is 1. The number of carbonyl (C=O) groups is 1. The molecule has 1 aliphatic heterocycles. The number of nitrogens with zero attached hydrogens (tertiary/aromatic N) is 1. The Bertz CT molecular complexity index is 352. The first-order valence-electron chi connectivity index (χ1n) is 8.20. The summed E-state index contributed by atoms with van der Waals surface area (Å²) in [5.74, 6) is -0.349. The van der Waals surface area contributed by atoms with Gasteiger partial charge in [0.2, 0.25) is 0 Å². The smallest absolute Gasteiger partial charge is 0.309 e. The molecule has 0 aromatic heterocycles. The number of carboxylic acids is 1. The number of carboxylic acid groups (broad SMARTS) is 1. The lowest BCUT2D eigenvalue weighted by Crippen LogP contribution is -2.49. The van der Waals surface area contributed by atoms with E-state index in [-0.39, 0.29) is 0 Å². The van der Waals surface area contributed by atoms with Crippen molar-refractivity contribution in [3.63, 3.8) is 0 Å². The van der Waals surface area contributed by atoms with Gasteiger partial charge in [-0.1, -0.05) is 13.8 Å². The summed E-state index contributed by atoms with van der Waals surface area (Å²) in [6, 6.07) is 0.690. The van der Waals surface area contributed by atoms with Crippen LogP contribution in [0.15, 0.2) is 0 Å². The van der Waals surface area contributed by atoms with Gasteiger partial charge < -0.3 is 10.0 Å². The number of hydrogen-bond donors (Lipinski definition) is 1. The van der Waals surface area contributed by atoms with Crippen LogP contribution in [0.1, 0.15) is 66.2 Å². The van der Waals surface area contributed by atoms with Crippen LogP contribution >= 0.6 is 0 Å². The zero-order valence-corrected chi connectivity index (χ0v) is 13.6. The molecule has 2 rings (SSSR count). The standard InChI is InChI=1S/C17H31NO2/c1-16(2)9-7-14(8-10-16)18-11-5-6-13(12-18)17(3,4)15(19)20/h13-14H,5-12H2,1-4H3,(H,19,20). The molecular weight excluding hydrogens is 250 g/mol. The summed E-state index contributed by atoms with van der Waals surface area (Å²) in [7, 11) is 0. The molecule has 3 nitrogen and oxygen atoms in total. The Hall–Kier alpha value is -0.570. The summed E-state index contributed by atoms with van der Waals surface area (Å²) in [5, 5.41) is 9.44. The third-order valence-electron chi connectivity index (χ3n) is 5.85. The van der Waals surface area contributed by atoms with Gasteiger partial charge in [-0.15, -0.1) is 0 Å². The average Bonchev–Trinajstić information content (AvgIpc) is 2.38. The fourth-order valence-electron chi connectivity index (χ4n) is 3.85. The molecule has 0 aromatic rings. The number of hydrogen-bond acceptors (Lipinski definition) is 2. The lowest BCUT2D eigenvalue weighted by molar-refractivity contribution is -0.151. The summed E-state index contributed by atoms with van der Waals surface area (Å²) in [6.45, 7) is 10.7. The molecular formula is C17H31NO2. The highest BCUT2D eigenvalue weighted by Gasteiger charge is 2.41. The van der Waals surface area contributed by atoms with Crippen LogP contribution in [0.5, 0.6) is 0 Å². The van der Waals surface area contributed by atoms with Crippen molar-refractivity contribution in [2.45, 2.75) is 72.3 Å². The Labute approximate surface area is 123 Å². The summed E-state index contributed by atoms with van der Waals surface area (Å²) in [6.07, 6.45) is 7.40. The SMILES string of the molecule is CC1(C)CCC(N2CCCC(C(C)(C)C(=O)O)C2)CC1. The molecule has 1 N–H and O–H groups in total. The Morgan fingerprint density at radius 1 is 1.20 bits per heavy atom. The molecule has 0 bridgehead atoms. The minimum Gasteiger partial charge on any atom is -0.481 e. The van der Waals surface area contributed by atoms with Gasteiger partial charge >= 0.3 is 5.97 Å². The zero-order valence-electron chi connectivity index (χ0n) is 13.6. The predicted molar refractivity (Wildman–Crippen MR) is 81.8 cm³/mol. The highest BCUT2D eigenvalue weighted by molar-refractivity contribution is 5.74. The highest BCUT2D eigenvalue weighted by atomic mass is 16.4. The lowest BCUT2D eigenvalue weighted by Gasteiger charge is -2.45. The Morgan fingerprint density at radius 2 is 1.80 bits per heavy atom. The molecule has 1 saturated carbocycles. The minimum atomic E-state index is -0.644. The maximum atomic E-state index is 11.5. The molecule has 1 aliphatic carbocycles. The Balaban J connectivity index is 1.96. The third-order valence-corrected chi connectivity index (χ3v) is 5.85. The predicted octanol–water partition coefficient (Wildman–Crippen LogP) is 3.78. The van der Waals surface area contributed by atoms with E-state index in [4.69, 9.17) is 0 Å². The summed E-state index contributed by atoms with van der Waals surface area (Å²) in [5.41, 5.74) is -0.0847. The number of rotatable bonds is 3. The summed E-state index contributed by atoms with van der Waals surface area (Å²) < 4.78 is 0. The minimum absolute atomic E-state index is 0.295. The molecule has 0 amide bonds. The van der Waals surface area contributed by atoms with Crippen LogP contribution in [-0.4, -0.2) is 35.1 Å². The van der Waals surface area contributed by atoms with Crippen molar-refractivity contribution in [2.75, 3.05) is 13.1 Å². The molecule has 2 aliphatic rings. The van der Waals surface area contributed by atoms with E-state index in [0.717, 1.165) is 25.9 Å². The van der Waals surface area contributed by atoms with Gasteiger partial charge in [0.1, 0.15) is 0 Å². The fourth-order valence-corrected chi connectivity index (χ4v) is 3.85. The van der Waals surface area contributed by atoms with Gasteiger partial charge in [0, 0.05) is 12.6 Å². The van der Waals surface area contributed by atoms with Crippen LogP contribution in [0.4, 0.5) is 0 Å². The average molecular weight is 281 g/mol. The normalized spacial score (nSPS) is 29.3. The molecule has 0 spiro atoms. The van der Waals surface area contributed by atoms with Gasteiger partial charge in [0.25, 0.3) is 0 Å². The first kappa shape index (κ1) is 15.8. The topological polar surface area (TPSA) is 40.5 Å². The Kier molecular flexibility index (Phi) is 4.48. The molecule has 116 valence electrons. The van der Waals surface area contributed by atoms with E-state index in [1.165, 1.54) is 25.7 Å². The molecule has 1 saturated heterocycles. The van der Waals surface area contributed by atoms with E-state index in [1.54, 1.807) is 0 Å². The second-order valence-electron chi connectivity index (χ2n) is 8.26. The van der Waals surface area contributed by atoms with Gasteiger partial charge in [-0.05, 0) is 70.3 Å². The third kappa shape index (κ3) is 3.36. The number of likely N-dealkylation sites (tertiary alicyclic amines) is 1. The molecule has 1 heterocycles. The summed E-state index contributed by atoms with van der Waals surface area (Å²) >= 11 is 0. The van der Waals surface area contributed by atoms with Crippen LogP contribution in [0.2, 0.25) is 0 Å². The quantitative estimate of drug-likeness (QED) is 0.856. The molecule has 0 radical (unpaired) electrons. The maximum Gasteiger partial charge on any atom is 0.309 e. The van der Waals surface area contributed by atoms with Crippen molar-refractivity contribution < 1.29 is 9.90 Å².